The summed E-state index contributed by atoms with van der Waals surface area (Å²) in [4.78, 5) is 2.35. The molecule has 3 heteroatoms. The second-order valence-electron chi connectivity index (χ2n) is 6.76. The van der Waals surface area contributed by atoms with Crippen LogP contribution < -0.4 is 5.32 Å². The molecule has 0 radical (unpaired) electrons. The number of hydrogen-bond donors (Lipinski definition) is 2. The van der Waals surface area contributed by atoms with Crippen molar-refractivity contribution in [3.05, 3.63) is 0 Å². The first-order valence-electron chi connectivity index (χ1n) is 5.74. The molecule has 15 heavy (non-hydrogen) atoms. The van der Waals surface area contributed by atoms with Crippen LogP contribution >= 0.6 is 0 Å². The molecule has 90 valence electrons. The molecule has 0 aromatic rings. The molecule has 0 amide bonds. The molecule has 1 unspecified atom stereocenters. The average molecular weight is 214 g/mol. The highest BCUT2D eigenvalue weighted by molar-refractivity contribution is 4.96. The lowest BCUT2D eigenvalue weighted by atomic mass is 9.99. The van der Waals surface area contributed by atoms with Gasteiger partial charge in [0.1, 0.15) is 0 Å². The third-order valence-corrected chi connectivity index (χ3v) is 3.01. The van der Waals surface area contributed by atoms with Crippen LogP contribution in [0.25, 0.3) is 0 Å². The minimum atomic E-state index is -0.638. The van der Waals surface area contributed by atoms with E-state index in [9.17, 15) is 5.11 Å². The number of aliphatic hydroxyl groups is 1. The summed E-state index contributed by atoms with van der Waals surface area (Å²) in [5.74, 6) is 0. The van der Waals surface area contributed by atoms with Gasteiger partial charge in [-0.15, -0.1) is 0 Å². The Morgan fingerprint density at radius 1 is 1.13 bits per heavy atom. The zero-order valence-corrected chi connectivity index (χ0v) is 11.0. The molecule has 0 saturated carbocycles. The van der Waals surface area contributed by atoms with Crippen LogP contribution in [-0.2, 0) is 0 Å². The van der Waals surface area contributed by atoms with Gasteiger partial charge < -0.3 is 10.4 Å². The molecule has 0 aromatic carbocycles. The zero-order chi connectivity index (χ0) is 11.9. The molecular weight excluding hydrogens is 188 g/mol. The van der Waals surface area contributed by atoms with Crippen molar-refractivity contribution in [1.29, 1.82) is 0 Å². The Hall–Kier alpha value is -0.120. The van der Waals surface area contributed by atoms with E-state index in [-0.39, 0.29) is 11.1 Å². The Morgan fingerprint density at radius 3 is 2.13 bits per heavy atom. The van der Waals surface area contributed by atoms with E-state index in [1.54, 1.807) is 0 Å². The maximum absolute atomic E-state index is 10.2. The van der Waals surface area contributed by atoms with Crippen molar-refractivity contribution in [2.45, 2.75) is 58.2 Å². The van der Waals surface area contributed by atoms with Crippen molar-refractivity contribution < 1.29 is 5.11 Å². The SMILES string of the molecule is CC1(O)CNC(C)(C)CN(C(C)(C)C)C1. The van der Waals surface area contributed by atoms with E-state index in [4.69, 9.17) is 0 Å². The number of nitrogens with zero attached hydrogens (tertiary/aromatic N) is 1. The van der Waals surface area contributed by atoms with E-state index in [0.717, 1.165) is 13.1 Å². The van der Waals surface area contributed by atoms with Crippen LogP contribution in [0.3, 0.4) is 0 Å². The smallest absolute Gasteiger partial charge is 0.0870 e. The Morgan fingerprint density at radius 2 is 1.67 bits per heavy atom. The Kier molecular flexibility index (Phi) is 3.21. The quantitative estimate of drug-likeness (QED) is 0.636. The third kappa shape index (κ3) is 3.74. The molecule has 0 spiro atoms. The molecule has 1 heterocycles. The van der Waals surface area contributed by atoms with Gasteiger partial charge in [-0.1, -0.05) is 0 Å². The van der Waals surface area contributed by atoms with Gasteiger partial charge in [-0.05, 0) is 41.5 Å². The van der Waals surface area contributed by atoms with E-state index >= 15 is 0 Å². The molecule has 1 fully saturated rings. The molecule has 1 atom stereocenters. The van der Waals surface area contributed by atoms with Crippen LogP contribution in [0, 0.1) is 0 Å². The van der Waals surface area contributed by atoms with E-state index in [1.165, 1.54) is 0 Å². The topological polar surface area (TPSA) is 35.5 Å². The maximum atomic E-state index is 10.2. The molecule has 0 aliphatic carbocycles. The monoisotopic (exact) mass is 214 g/mol. The number of hydrogen-bond acceptors (Lipinski definition) is 3. The number of nitrogens with one attached hydrogen (secondary N) is 1. The second kappa shape index (κ2) is 3.72. The van der Waals surface area contributed by atoms with Gasteiger partial charge in [-0.25, -0.2) is 0 Å². The largest absolute Gasteiger partial charge is 0.388 e. The zero-order valence-electron chi connectivity index (χ0n) is 11.0. The molecule has 1 aliphatic rings. The normalized spacial score (nSPS) is 33.8. The van der Waals surface area contributed by atoms with Crippen molar-refractivity contribution in [2.24, 2.45) is 0 Å². The first kappa shape index (κ1) is 12.9. The minimum absolute atomic E-state index is 0.0633. The lowest BCUT2D eigenvalue weighted by Crippen LogP contribution is -2.52. The Bertz CT molecular complexity index is 210. The summed E-state index contributed by atoms with van der Waals surface area (Å²) in [7, 11) is 0. The fourth-order valence-corrected chi connectivity index (χ4v) is 1.96. The van der Waals surface area contributed by atoms with Gasteiger partial charge >= 0.3 is 0 Å². The first-order chi connectivity index (χ1) is 6.52. The van der Waals surface area contributed by atoms with Crippen molar-refractivity contribution in [1.82, 2.24) is 10.2 Å². The van der Waals surface area contributed by atoms with Gasteiger partial charge in [0.15, 0.2) is 0 Å². The summed E-state index contributed by atoms with van der Waals surface area (Å²) >= 11 is 0. The predicted octanol–water partition coefficient (Wildman–Crippen LogP) is 1.22. The fourth-order valence-electron chi connectivity index (χ4n) is 1.96. The van der Waals surface area contributed by atoms with Crippen LogP contribution in [-0.4, -0.2) is 46.3 Å². The highest BCUT2D eigenvalue weighted by atomic mass is 16.3. The van der Waals surface area contributed by atoms with Crippen molar-refractivity contribution >= 4 is 0 Å². The fraction of sp³-hybridized carbons (Fsp3) is 1.00. The van der Waals surface area contributed by atoms with E-state index in [2.05, 4.69) is 44.8 Å². The Balaban J connectivity index is 2.87. The van der Waals surface area contributed by atoms with Gasteiger partial charge in [0.05, 0.1) is 5.60 Å². The van der Waals surface area contributed by atoms with Crippen molar-refractivity contribution in [2.75, 3.05) is 19.6 Å². The number of rotatable bonds is 0. The highest BCUT2D eigenvalue weighted by Crippen LogP contribution is 2.23. The standard InChI is InChI=1S/C12H26N2O/c1-10(2,3)14-8-11(4,5)13-7-12(6,15)9-14/h13,15H,7-9H2,1-6H3. The van der Waals surface area contributed by atoms with Gasteiger partial charge in [0, 0.05) is 30.7 Å². The average Bonchev–Trinajstić information content (AvgIpc) is 2.07. The van der Waals surface area contributed by atoms with Crippen LogP contribution in [0.15, 0.2) is 0 Å². The van der Waals surface area contributed by atoms with Crippen LogP contribution in [0.5, 0.6) is 0 Å². The summed E-state index contributed by atoms with van der Waals surface area (Å²) < 4.78 is 0. The van der Waals surface area contributed by atoms with Gasteiger partial charge in [0.2, 0.25) is 0 Å². The molecule has 0 bridgehead atoms. The van der Waals surface area contributed by atoms with Gasteiger partial charge in [0.25, 0.3) is 0 Å². The highest BCUT2D eigenvalue weighted by Gasteiger charge is 2.37. The van der Waals surface area contributed by atoms with Gasteiger partial charge in [-0.3, -0.25) is 4.90 Å². The number of β-amino-alcohol motifs (C(OH)–C–C–N with tert-alkyl or cyclic N) is 1. The minimum Gasteiger partial charge on any atom is -0.388 e. The molecule has 3 nitrogen and oxygen atoms in total. The lowest BCUT2D eigenvalue weighted by Gasteiger charge is -2.40. The molecule has 1 aliphatic heterocycles. The summed E-state index contributed by atoms with van der Waals surface area (Å²) in [5.41, 5.74) is -0.470. The van der Waals surface area contributed by atoms with Crippen molar-refractivity contribution in [3.63, 3.8) is 0 Å². The van der Waals surface area contributed by atoms with E-state index < -0.39 is 5.60 Å². The summed E-state index contributed by atoms with van der Waals surface area (Å²) in [6.45, 7) is 15.2. The molecule has 0 aromatic heterocycles. The van der Waals surface area contributed by atoms with Gasteiger partial charge in [-0.2, -0.15) is 0 Å². The second-order valence-corrected chi connectivity index (χ2v) is 6.76. The third-order valence-electron chi connectivity index (χ3n) is 3.01. The molecule has 1 saturated heterocycles. The van der Waals surface area contributed by atoms with Crippen molar-refractivity contribution in [3.8, 4) is 0 Å². The molecule has 2 N–H and O–H groups in total. The van der Waals surface area contributed by atoms with Crippen LogP contribution in [0.2, 0.25) is 0 Å². The Labute approximate surface area is 93.9 Å². The summed E-state index contributed by atoms with van der Waals surface area (Å²) in [6.07, 6.45) is 0. The first-order valence-corrected chi connectivity index (χ1v) is 5.74. The lowest BCUT2D eigenvalue weighted by molar-refractivity contribution is 0.00558. The van der Waals surface area contributed by atoms with Crippen LogP contribution in [0.4, 0.5) is 0 Å². The maximum Gasteiger partial charge on any atom is 0.0870 e. The molecular formula is C12H26N2O. The van der Waals surface area contributed by atoms with E-state index in [1.807, 2.05) is 6.92 Å². The summed E-state index contributed by atoms with van der Waals surface area (Å²) in [6, 6.07) is 0. The summed E-state index contributed by atoms with van der Waals surface area (Å²) in [5, 5.41) is 13.6. The van der Waals surface area contributed by atoms with Crippen LogP contribution in [0.1, 0.15) is 41.5 Å². The predicted molar refractivity (Wildman–Crippen MR) is 64.0 cm³/mol. The van der Waals surface area contributed by atoms with E-state index in [0.29, 0.717) is 6.54 Å². The molecule has 1 rings (SSSR count).